The van der Waals surface area contributed by atoms with E-state index in [0.717, 1.165) is 12.1 Å². The van der Waals surface area contributed by atoms with Crippen molar-refractivity contribution in [2.45, 2.75) is 6.18 Å². The molecule has 0 bridgehead atoms. The second kappa shape index (κ2) is 5.95. The highest BCUT2D eigenvalue weighted by Crippen LogP contribution is 2.43. The van der Waals surface area contributed by atoms with Crippen molar-refractivity contribution in [3.63, 3.8) is 0 Å². The van der Waals surface area contributed by atoms with Gasteiger partial charge in [-0.2, -0.15) is 13.2 Å². The molecule has 0 spiro atoms. The third-order valence-electron chi connectivity index (χ3n) is 2.73. The Morgan fingerprint density at radius 1 is 0.864 bits per heavy atom. The van der Waals surface area contributed by atoms with Gasteiger partial charge < -0.3 is 16.2 Å². The van der Waals surface area contributed by atoms with Crippen LogP contribution < -0.4 is 16.2 Å². The predicted molar refractivity (Wildman–Crippen MR) is 81.8 cm³/mol. The molecule has 9 heteroatoms. The minimum atomic E-state index is -4.62. The minimum Gasteiger partial charge on any atom is -0.454 e. The SMILES string of the molecule is Nc1c(Cl)cc(Cl)c(Oc2ccc(Cl)c(C(F)(F)F)c2)c1N. The maximum absolute atomic E-state index is 12.8. The van der Waals surface area contributed by atoms with E-state index in [1.807, 2.05) is 0 Å². The standard InChI is InChI=1S/C13H8Cl3F3N2O/c14-7-2-1-5(3-6(7)13(17,18)19)22-12-9(16)4-8(15)10(20)11(12)21/h1-4H,20-21H2. The quantitative estimate of drug-likeness (QED) is 0.673. The number of hydrogen-bond acceptors (Lipinski definition) is 3. The van der Waals surface area contributed by atoms with E-state index in [4.69, 9.17) is 51.0 Å². The molecule has 0 saturated heterocycles. The Bertz CT molecular complexity index is 735. The Labute approximate surface area is 138 Å². The van der Waals surface area contributed by atoms with Crippen molar-refractivity contribution < 1.29 is 17.9 Å². The third kappa shape index (κ3) is 3.29. The lowest BCUT2D eigenvalue weighted by atomic mass is 10.2. The maximum Gasteiger partial charge on any atom is 0.417 e. The fraction of sp³-hybridized carbons (Fsp3) is 0.0769. The third-order valence-corrected chi connectivity index (χ3v) is 3.65. The van der Waals surface area contributed by atoms with Gasteiger partial charge in [-0.15, -0.1) is 0 Å². The normalized spacial score (nSPS) is 11.5. The second-order valence-corrected chi connectivity index (χ2v) is 5.46. The summed E-state index contributed by atoms with van der Waals surface area (Å²) in [6, 6.07) is 4.33. The molecule has 0 atom stereocenters. The van der Waals surface area contributed by atoms with Gasteiger partial charge in [-0.1, -0.05) is 34.8 Å². The van der Waals surface area contributed by atoms with Crippen molar-refractivity contribution in [2.24, 2.45) is 0 Å². The summed E-state index contributed by atoms with van der Waals surface area (Å²) in [6.07, 6.45) is -4.62. The van der Waals surface area contributed by atoms with E-state index < -0.39 is 16.8 Å². The lowest BCUT2D eigenvalue weighted by Crippen LogP contribution is -2.06. The monoisotopic (exact) mass is 370 g/mol. The number of anilines is 2. The molecule has 3 nitrogen and oxygen atoms in total. The zero-order valence-corrected chi connectivity index (χ0v) is 12.9. The molecular weight excluding hydrogens is 364 g/mol. The summed E-state index contributed by atoms with van der Waals surface area (Å²) < 4.78 is 43.8. The Morgan fingerprint density at radius 2 is 1.50 bits per heavy atom. The van der Waals surface area contributed by atoms with Gasteiger partial charge in [0.25, 0.3) is 0 Å². The molecule has 0 unspecified atom stereocenters. The molecule has 0 fully saturated rings. The van der Waals surface area contributed by atoms with Crippen LogP contribution in [0.3, 0.4) is 0 Å². The van der Waals surface area contributed by atoms with Gasteiger partial charge in [0.2, 0.25) is 0 Å². The van der Waals surface area contributed by atoms with Gasteiger partial charge in [0.15, 0.2) is 5.75 Å². The van der Waals surface area contributed by atoms with E-state index in [-0.39, 0.29) is 32.9 Å². The molecule has 0 aliphatic rings. The van der Waals surface area contributed by atoms with Crippen LogP contribution in [0.5, 0.6) is 11.5 Å². The second-order valence-electron chi connectivity index (χ2n) is 4.24. The maximum atomic E-state index is 12.8. The van der Waals surface area contributed by atoms with Gasteiger partial charge in [0.1, 0.15) is 11.4 Å². The Kier molecular flexibility index (Phi) is 4.56. The minimum absolute atomic E-state index is 0.0141. The number of nitrogen functional groups attached to an aromatic ring is 2. The van der Waals surface area contributed by atoms with Crippen molar-refractivity contribution in [1.82, 2.24) is 0 Å². The topological polar surface area (TPSA) is 61.3 Å². The van der Waals surface area contributed by atoms with Crippen LogP contribution in [0.15, 0.2) is 24.3 Å². The zero-order chi connectivity index (χ0) is 16.7. The van der Waals surface area contributed by atoms with E-state index in [1.54, 1.807) is 0 Å². The van der Waals surface area contributed by atoms with Gasteiger partial charge in [-0.25, -0.2) is 0 Å². The van der Waals surface area contributed by atoms with Crippen LogP contribution >= 0.6 is 34.8 Å². The van der Waals surface area contributed by atoms with E-state index in [0.29, 0.717) is 0 Å². The number of hydrogen-bond donors (Lipinski definition) is 2. The molecule has 4 N–H and O–H groups in total. The molecule has 0 aliphatic heterocycles. The Hall–Kier alpha value is -1.50. The van der Waals surface area contributed by atoms with Crippen LogP contribution in [0.25, 0.3) is 0 Å². The van der Waals surface area contributed by atoms with E-state index in [2.05, 4.69) is 0 Å². The van der Waals surface area contributed by atoms with Crippen LogP contribution in [0.4, 0.5) is 24.5 Å². The molecule has 0 aliphatic carbocycles. The summed E-state index contributed by atoms with van der Waals surface area (Å²) in [5.41, 5.74) is 10.3. The first kappa shape index (κ1) is 16.9. The van der Waals surface area contributed by atoms with Crippen molar-refractivity contribution in [3.8, 4) is 11.5 Å². The molecular formula is C13H8Cl3F3N2O. The molecule has 0 radical (unpaired) electrons. The lowest BCUT2D eigenvalue weighted by Gasteiger charge is -2.15. The first-order chi connectivity index (χ1) is 10.1. The average Bonchev–Trinajstić information content (AvgIpc) is 2.41. The summed E-state index contributed by atoms with van der Waals surface area (Å²) in [5, 5.41) is -0.323. The van der Waals surface area contributed by atoms with E-state index >= 15 is 0 Å². The number of alkyl halides is 3. The molecule has 0 heterocycles. The first-order valence-corrected chi connectivity index (χ1v) is 6.82. The summed E-state index contributed by atoms with van der Waals surface area (Å²) in [4.78, 5) is 0. The smallest absolute Gasteiger partial charge is 0.417 e. The van der Waals surface area contributed by atoms with Crippen LogP contribution in [-0.4, -0.2) is 0 Å². The number of ether oxygens (including phenoxy) is 1. The predicted octanol–water partition coefficient (Wildman–Crippen LogP) is 5.62. The number of nitrogens with two attached hydrogens (primary N) is 2. The summed E-state index contributed by atoms with van der Waals surface area (Å²) in [6.45, 7) is 0. The van der Waals surface area contributed by atoms with Gasteiger partial charge in [0.05, 0.1) is 26.3 Å². The van der Waals surface area contributed by atoms with Gasteiger partial charge in [0, 0.05) is 0 Å². The van der Waals surface area contributed by atoms with E-state index in [1.165, 1.54) is 12.1 Å². The van der Waals surface area contributed by atoms with Crippen LogP contribution in [0.1, 0.15) is 5.56 Å². The fourth-order valence-corrected chi connectivity index (χ4v) is 2.38. The number of halogens is 6. The first-order valence-electron chi connectivity index (χ1n) is 5.68. The molecule has 118 valence electrons. The molecule has 0 aromatic heterocycles. The number of benzene rings is 2. The van der Waals surface area contributed by atoms with Crippen molar-refractivity contribution in [2.75, 3.05) is 11.5 Å². The van der Waals surface area contributed by atoms with E-state index in [9.17, 15) is 13.2 Å². The van der Waals surface area contributed by atoms with Gasteiger partial charge in [-0.3, -0.25) is 0 Å². The van der Waals surface area contributed by atoms with Gasteiger partial charge >= 0.3 is 6.18 Å². The molecule has 2 rings (SSSR count). The molecule has 0 saturated carbocycles. The van der Waals surface area contributed by atoms with Gasteiger partial charge in [-0.05, 0) is 24.3 Å². The highest BCUT2D eigenvalue weighted by atomic mass is 35.5. The molecule has 0 amide bonds. The summed E-state index contributed by atoms with van der Waals surface area (Å²) in [7, 11) is 0. The largest absolute Gasteiger partial charge is 0.454 e. The van der Waals surface area contributed by atoms with Crippen LogP contribution in [0.2, 0.25) is 15.1 Å². The van der Waals surface area contributed by atoms with Crippen LogP contribution in [-0.2, 0) is 6.18 Å². The average molecular weight is 372 g/mol. The fourth-order valence-electron chi connectivity index (χ4n) is 1.64. The Morgan fingerprint density at radius 3 is 2.09 bits per heavy atom. The van der Waals surface area contributed by atoms with Crippen molar-refractivity contribution >= 4 is 46.2 Å². The Balaban J connectivity index is 2.47. The molecule has 2 aromatic carbocycles. The highest BCUT2D eigenvalue weighted by molar-refractivity contribution is 6.38. The zero-order valence-electron chi connectivity index (χ0n) is 10.6. The van der Waals surface area contributed by atoms with Crippen molar-refractivity contribution in [1.29, 1.82) is 0 Å². The van der Waals surface area contributed by atoms with Crippen LogP contribution in [0, 0.1) is 0 Å². The molecule has 22 heavy (non-hydrogen) atoms. The van der Waals surface area contributed by atoms with Crippen molar-refractivity contribution in [3.05, 3.63) is 44.9 Å². The summed E-state index contributed by atoms with van der Waals surface area (Å²) in [5.74, 6) is -0.230. The lowest BCUT2D eigenvalue weighted by molar-refractivity contribution is -0.137. The summed E-state index contributed by atoms with van der Waals surface area (Å²) >= 11 is 17.2. The molecule has 2 aromatic rings. The number of rotatable bonds is 2. The highest BCUT2D eigenvalue weighted by Gasteiger charge is 2.33.